The van der Waals surface area contributed by atoms with Crippen LogP contribution in [0.25, 0.3) is 16.7 Å². The fourth-order valence-corrected chi connectivity index (χ4v) is 4.66. The lowest BCUT2D eigenvalue weighted by Gasteiger charge is -2.29. The summed E-state index contributed by atoms with van der Waals surface area (Å²) in [6.07, 6.45) is 3.62. The third-order valence-electron chi connectivity index (χ3n) is 6.50. The van der Waals surface area contributed by atoms with E-state index in [2.05, 4.69) is 20.9 Å². The molecule has 1 saturated heterocycles. The topological polar surface area (TPSA) is 139 Å². The number of amides is 4. The molecule has 0 saturated carbocycles. The van der Waals surface area contributed by atoms with E-state index in [0.717, 1.165) is 22.1 Å². The highest BCUT2D eigenvalue weighted by Crippen LogP contribution is 2.29. The van der Waals surface area contributed by atoms with E-state index in [1.165, 1.54) is 15.8 Å². The van der Waals surface area contributed by atoms with Crippen LogP contribution < -0.4 is 10.6 Å². The Morgan fingerprint density at radius 1 is 1.17 bits per heavy atom. The predicted octanol–water partition coefficient (Wildman–Crippen LogP) is 1.70. The minimum absolute atomic E-state index is 0.142. The highest BCUT2D eigenvalue weighted by molar-refractivity contribution is 6.05. The van der Waals surface area contributed by atoms with Crippen LogP contribution in [-0.4, -0.2) is 49.6 Å². The molecule has 2 N–H and O–H groups in total. The second-order valence-corrected chi connectivity index (χ2v) is 8.73. The number of nitrogens with one attached hydrogen (secondary N) is 2. The molecule has 0 spiro atoms. The largest absolute Gasteiger partial charge is 0.464 e. The number of hydrogen-bond acceptors (Lipinski definition) is 7. The van der Waals surface area contributed by atoms with Crippen LogP contribution in [0.5, 0.6) is 0 Å². The quantitative estimate of drug-likeness (QED) is 0.411. The SMILES string of the molecule is O=C1CCC(N2Cc3cc(-n4cc(C(=O)NCc5cccc6ccoc56)nn4)ccc3C2=O)C(=O)N1. The molecule has 11 nitrogen and oxygen atoms in total. The summed E-state index contributed by atoms with van der Waals surface area (Å²) in [6.45, 7) is 0.516. The zero-order valence-corrected chi connectivity index (χ0v) is 18.9. The number of piperidine rings is 1. The van der Waals surface area contributed by atoms with Crippen LogP contribution in [0.15, 0.2) is 59.3 Å². The third kappa shape index (κ3) is 3.70. The van der Waals surface area contributed by atoms with Gasteiger partial charge in [0.1, 0.15) is 11.6 Å². The first-order valence-corrected chi connectivity index (χ1v) is 11.4. The van der Waals surface area contributed by atoms with Crippen LogP contribution in [0.4, 0.5) is 0 Å². The Kier molecular flexibility index (Phi) is 5.10. The maximum absolute atomic E-state index is 12.9. The van der Waals surface area contributed by atoms with E-state index < -0.39 is 11.9 Å². The summed E-state index contributed by atoms with van der Waals surface area (Å²) < 4.78 is 6.96. The zero-order chi connectivity index (χ0) is 24.8. The molecule has 2 aromatic heterocycles. The highest BCUT2D eigenvalue weighted by atomic mass is 16.3. The van der Waals surface area contributed by atoms with Crippen LogP contribution in [0.2, 0.25) is 0 Å². The molecule has 4 aromatic rings. The summed E-state index contributed by atoms with van der Waals surface area (Å²) in [7, 11) is 0. The average Bonchev–Trinajstić information content (AvgIpc) is 3.62. The van der Waals surface area contributed by atoms with E-state index in [0.29, 0.717) is 17.7 Å². The number of aromatic nitrogens is 3. The van der Waals surface area contributed by atoms with Gasteiger partial charge < -0.3 is 14.6 Å². The van der Waals surface area contributed by atoms with Gasteiger partial charge >= 0.3 is 0 Å². The van der Waals surface area contributed by atoms with Crippen molar-refractivity contribution in [2.24, 2.45) is 0 Å². The lowest BCUT2D eigenvalue weighted by Crippen LogP contribution is -2.52. The Balaban J connectivity index is 1.16. The molecule has 180 valence electrons. The van der Waals surface area contributed by atoms with Crippen molar-refractivity contribution in [2.75, 3.05) is 0 Å². The standard InChI is InChI=1S/C25H20N6O5/c32-21-7-6-20(24(34)27-21)30-12-16-10-17(4-5-18(16)25(30)35)31-13-19(28-29-31)23(33)26-11-15-3-1-2-14-8-9-36-22(14)15/h1-5,8-10,13,20H,6-7,11-12H2,(H,26,33)(H,27,32,34). The number of hydrogen-bond donors (Lipinski definition) is 2. The average molecular weight is 484 g/mol. The minimum Gasteiger partial charge on any atom is -0.464 e. The van der Waals surface area contributed by atoms with Crippen molar-refractivity contribution >= 4 is 34.6 Å². The van der Waals surface area contributed by atoms with E-state index in [4.69, 9.17) is 4.42 Å². The van der Waals surface area contributed by atoms with E-state index in [1.54, 1.807) is 24.5 Å². The van der Waals surface area contributed by atoms with Gasteiger partial charge in [-0.15, -0.1) is 5.10 Å². The van der Waals surface area contributed by atoms with Gasteiger partial charge in [-0.1, -0.05) is 23.4 Å². The number of benzene rings is 2. The smallest absolute Gasteiger partial charge is 0.273 e. The normalized spacial score (nSPS) is 17.4. The Labute approximate surface area is 204 Å². The van der Waals surface area contributed by atoms with Gasteiger partial charge in [0, 0.05) is 36.0 Å². The van der Waals surface area contributed by atoms with Crippen molar-refractivity contribution in [1.82, 2.24) is 30.5 Å². The van der Waals surface area contributed by atoms with Crippen LogP contribution >= 0.6 is 0 Å². The Morgan fingerprint density at radius 2 is 2.06 bits per heavy atom. The predicted molar refractivity (Wildman–Crippen MR) is 125 cm³/mol. The molecule has 11 heteroatoms. The van der Waals surface area contributed by atoms with Crippen molar-refractivity contribution in [3.63, 3.8) is 0 Å². The first kappa shape index (κ1) is 21.7. The Bertz CT molecular complexity index is 1550. The summed E-state index contributed by atoms with van der Waals surface area (Å²) in [5.74, 6) is -1.42. The van der Waals surface area contributed by atoms with Gasteiger partial charge in [-0.2, -0.15) is 0 Å². The van der Waals surface area contributed by atoms with Gasteiger partial charge in [0.2, 0.25) is 11.8 Å². The first-order chi connectivity index (χ1) is 17.5. The van der Waals surface area contributed by atoms with Gasteiger partial charge in [0.15, 0.2) is 5.69 Å². The number of nitrogens with zero attached hydrogens (tertiary/aromatic N) is 4. The molecule has 2 aliphatic rings. The van der Waals surface area contributed by atoms with E-state index in [-0.39, 0.29) is 42.9 Å². The summed E-state index contributed by atoms with van der Waals surface area (Å²) in [4.78, 5) is 50.7. The van der Waals surface area contributed by atoms with E-state index >= 15 is 0 Å². The molecule has 36 heavy (non-hydrogen) atoms. The van der Waals surface area contributed by atoms with Crippen molar-refractivity contribution in [2.45, 2.75) is 32.0 Å². The monoisotopic (exact) mass is 484 g/mol. The summed E-state index contributed by atoms with van der Waals surface area (Å²) >= 11 is 0. The van der Waals surface area contributed by atoms with Gasteiger partial charge in [0.25, 0.3) is 11.8 Å². The van der Waals surface area contributed by atoms with Gasteiger partial charge in [-0.05, 0) is 36.2 Å². The molecular weight excluding hydrogens is 464 g/mol. The maximum Gasteiger partial charge on any atom is 0.273 e. The molecule has 2 aromatic carbocycles. The second-order valence-electron chi connectivity index (χ2n) is 8.73. The van der Waals surface area contributed by atoms with Crippen LogP contribution in [0.1, 0.15) is 44.8 Å². The van der Waals surface area contributed by atoms with Crippen LogP contribution in [0.3, 0.4) is 0 Å². The Hall–Kier alpha value is -4.80. The number of fused-ring (bicyclic) bond motifs is 2. The Morgan fingerprint density at radius 3 is 2.92 bits per heavy atom. The number of para-hydroxylation sites is 1. The highest BCUT2D eigenvalue weighted by Gasteiger charge is 2.39. The molecule has 4 heterocycles. The van der Waals surface area contributed by atoms with Crippen LogP contribution in [-0.2, 0) is 22.7 Å². The summed E-state index contributed by atoms with van der Waals surface area (Å²) in [5.41, 5.74) is 3.56. The fourth-order valence-electron chi connectivity index (χ4n) is 4.66. The first-order valence-electron chi connectivity index (χ1n) is 11.4. The molecular formula is C25H20N6O5. The molecule has 0 radical (unpaired) electrons. The van der Waals surface area contributed by atoms with Crippen LogP contribution in [0, 0.1) is 0 Å². The second kappa shape index (κ2) is 8.45. The number of imide groups is 1. The lowest BCUT2D eigenvalue weighted by molar-refractivity contribution is -0.136. The molecule has 6 rings (SSSR count). The van der Waals surface area contributed by atoms with Crippen molar-refractivity contribution < 1.29 is 23.6 Å². The molecule has 2 aliphatic heterocycles. The number of carbonyl (C=O) groups is 4. The molecule has 0 bridgehead atoms. The minimum atomic E-state index is -0.681. The van der Waals surface area contributed by atoms with Gasteiger partial charge in [-0.25, -0.2) is 4.68 Å². The fraction of sp³-hybridized carbons (Fsp3) is 0.200. The number of carbonyl (C=O) groups excluding carboxylic acids is 4. The molecule has 1 unspecified atom stereocenters. The zero-order valence-electron chi connectivity index (χ0n) is 18.9. The number of furan rings is 1. The van der Waals surface area contributed by atoms with Gasteiger partial charge in [-0.3, -0.25) is 24.5 Å². The van der Waals surface area contributed by atoms with Crippen molar-refractivity contribution in [1.29, 1.82) is 0 Å². The summed E-state index contributed by atoms with van der Waals surface area (Å²) in [5, 5.41) is 14.1. The molecule has 1 atom stereocenters. The van der Waals surface area contributed by atoms with Crippen molar-refractivity contribution in [3.8, 4) is 5.69 Å². The molecule has 1 fully saturated rings. The molecule has 4 amide bonds. The van der Waals surface area contributed by atoms with E-state index in [1.807, 2.05) is 24.3 Å². The van der Waals surface area contributed by atoms with Gasteiger partial charge in [0.05, 0.1) is 18.1 Å². The van der Waals surface area contributed by atoms with Crippen molar-refractivity contribution in [3.05, 3.63) is 77.3 Å². The number of rotatable bonds is 5. The lowest BCUT2D eigenvalue weighted by atomic mass is 10.0. The maximum atomic E-state index is 12.9. The molecule has 0 aliphatic carbocycles. The summed E-state index contributed by atoms with van der Waals surface area (Å²) in [6, 6.07) is 12.1. The van der Waals surface area contributed by atoms with E-state index in [9.17, 15) is 19.2 Å². The third-order valence-corrected chi connectivity index (χ3v) is 6.50.